The molecule has 1 aromatic heterocycles. The van der Waals surface area contributed by atoms with Crippen molar-refractivity contribution in [1.29, 1.82) is 0 Å². The number of imidazole rings is 1. The first-order chi connectivity index (χ1) is 9.15. The van der Waals surface area contributed by atoms with Gasteiger partial charge in [-0.1, -0.05) is 0 Å². The molecule has 1 unspecified atom stereocenters. The van der Waals surface area contributed by atoms with Crippen LogP contribution in [0.1, 0.15) is 31.6 Å². The highest BCUT2D eigenvalue weighted by Crippen LogP contribution is 2.24. The molecule has 3 rings (SSSR count). The second kappa shape index (κ2) is 4.85. The number of rotatable bonds is 3. The molecule has 19 heavy (non-hydrogen) atoms. The number of aromatic nitrogens is 2. The van der Waals surface area contributed by atoms with Crippen LogP contribution in [0.3, 0.4) is 0 Å². The molecule has 1 aliphatic heterocycles. The molecule has 1 aromatic carbocycles. The number of likely N-dealkylation sites (tertiary alicyclic amines) is 1. The van der Waals surface area contributed by atoms with Crippen LogP contribution in [0.25, 0.3) is 11.0 Å². The molecule has 2 aromatic rings. The molecule has 0 spiro atoms. The van der Waals surface area contributed by atoms with E-state index in [2.05, 4.69) is 34.4 Å². The minimum absolute atomic E-state index is 0.451. The maximum Gasteiger partial charge on any atom is 0.107 e. The van der Waals surface area contributed by atoms with Crippen molar-refractivity contribution in [2.24, 2.45) is 0 Å². The van der Waals surface area contributed by atoms with Crippen LogP contribution in [0.2, 0.25) is 0 Å². The predicted molar refractivity (Wildman–Crippen MR) is 79.3 cm³/mol. The number of benzene rings is 1. The Bertz CT molecular complexity index is 581. The van der Waals surface area contributed by atoms with Gasteiger partial charge in [0, 0.05) is 18.3 Å². The number of hydrogen-bond acceptors (Lipinski definition) is 3. The van der Waals surface area contributed by atoms with Crippen molar-refractivity contribution in [3.8, 4) is 0 Å². The van der Waals surface area contributed by atoms with E-state index in [4.69, 9.17) is 5.73 Å². The zero-order valence-electron chi connectivity index (χ0n) is 11.8. The minimum atomic E-state index is 0.451. The number of aryl methyl sites for hydroxylation is 1. The van der Waals surface area contributed by atoms with Crippen LogP contribution in [-0.2, 0) is 0 Å². The average molecular weight is 258 g/mol. The van der Waals surface area contributed by atoms with Crippen molar-refractivity contribution in [3.63, 3.8) is 0 Å². The Hall–Kier alpha value is -1.55. The molecule has 1 atom stereocenters. The summed E-state index contributed by atoms with van der Waals surface area (Å²) in [5.74, 6) is 1.08. The molecular weight excluding hydrogens is 236 g/mol. The van der Waals surface area contributed by atoms with Gasteiger partial charge in [0.05, 0.1) is 11.0 Å². The Morgan fingerprint density at radius 3 is 2.79 bits per heavy atom. The monoisotopic (exact) mass is 258 g/mol. The summed E-state index contributed by atoms with van der Waals surface area (Å²) in [4.78, 5) is 7.18. The quantitative estimate of drug-likeness (QED) is 0.861. The van der Waals surface area contributed by atoms with Crippen molar-refractivity contribution in [3.05, 3.63) is 24.0 Å². The number of nitrogen functional groups attached to an aromatic ring is 1. The summed E-state index contributed by atoms with van der Waals surface area (Å²) in [7, 11) is 0. The van der Waals surface area contributed by atoms with Crippen LogP contribution in [-0.4, -0.2) is 34.1 Å². The van der Waals surface area contributed by atoms with E-state index in [1.807, 2.05) is 12.1 Å². The topological polar surface area (TPSA) is 47.1 Å². The number of anilines is 1. The Balaban J connectivity index is 1.92. The summed E-state index contributed by atoms with van der Waals surface area (Å²) in [5.41, 5.74) is 8.81. The van der Waals surface area contributed by atoms with Crippen molar-refractivity contribution in [2.45, 2.75) is 32.7 Å². The van der Waals surface area contributed by atoms with Crippen molar-refractivity contribution >= 4 is 16.7 Å². The Morgan fingerprint density at radius 2 is 2.05 bits per heavy atom. The summed E-state index contributed by atoms with van der Waals surface area (Å²) in [6, 6.07) is 6.46. The summed E-state index contributed by atoms with van der Waals surface area (Å²) < 4.78 is 2.34. The predicted octanol–water partition coefficient (Wildman–Crippen LogP) is 2.58. The smallest absolute Gasteiger partial charge is 0.107 e. The van der Waals surface area contributed by atoms with E-state index in [1.165, 1.54) is 31.4 Å². The molecule has 0 radical (unpaired) electrons. The van der Waals surface area contributed by atoms with Gasteiger partial charge in [0.15, 0.2) is 0 Å². The summed E-state index contributed by atoms with van der Waals surface area (Å²) in [5, 5.41) is 0. The highest BCUT2D eigenvalue weighted by atomic mass is 15.2. The first-order valence-electron chi connectivity index (χ1n) is 7.11. The van der Waals surface area contributed by atoms with Crippen molar-refractivity contribution in [1.82, 2.24) is 14.5 Å². The van der Waals surface area contributed by atoms with E-state index < -0.39 is 0 Å². The molecule has 1 aliphatic rings. The van der Waals surface area contributed by atoms with Crippen LogP contribution in [0, 0.1) is 6.92 Å². The van der Waals surface area contributed by atoms with Gasteiger partial charge in [-0.3, -0.25) is 0 Å². The van der Waals surface area contributed by atoms with Crippen LogP contribution in [0.5, 0.6) is 0 Å². The third-order valence-corrected chi connectivity index (χ3v) is 4.05. The normalized spacial score (nSPS) is 18.2. The summed E-state index contributed by atoms with van der Waals surface area (Å²) in [6.45, 7) is 7.95. The number of nitrogens with zero attached hydrogens (tertiary/aromatic N) is 3. The maximum atomic E-state index is 5.83. The Morgan fingerprint density at radius 1 is 1.32 bits per heavy atom. The SMILES string of the molecule is Cc1nc2cc(N)ccc2n1C(C)CN1CCCC1. The summed E-state index contributed by atoms with van der Waals surface area (Å²) >= 11 is 0. The van der Waals surface area contributed by atoms with E-state index in [1.54, 1.807) is 0 Å². The lowest BCUT2D eigenvalue weighted by Gasteiger charge is -2.23. The van der Waals surface area contributed by atoms with E-state index in [9.17, 15) is 0 Å². The van der Waals surface area contributed by atoms with Gasteiger partial charge < -0.3 is 15.2 Å². The molecule has 1 fully saturated rings. The number of nitrogens with two attached hydrogens (primary N) is 1. The Labute approximate surface area is 114 Å². The number of hydrogen-bond donors (Lipinski definition) is 1. The molecule has 4 nitrogen and oxygen atoms in total. The van der Waals surface area contributed by atoms with Crippen LogP contribution >= 0.6 is 0 Å². The van der Waals surface area contributed by atoms with Gasteiger partial charge in [0.25, 0.3) is 0 Å². The minimum Gasteiger partial charge on any atom is -0.399 e. The lowest BCUT2D eigenvalue weighted by Crippen LogP contribution is -2.27. The fraction of sp³-hybridized carbons (Fsp3) is 0.533. The molecule has 4 heteroatoms. The highest BCUT2D eigenvalue weighted by Gasteiger charge is 2.18. The fourth-order valence-corrected chi connectivity index (χ4v) is 3.21. The first kappa shape index (κ1) is 12.5. The molecule has 0 bridgehead atoms. The fourth-order valence-electron chi connectivity index (χ4n) is 3.21. The largest absolute Gasteiger partial charge is 0.399 e. The van der Waals surface area contributed by atoms with Crippen molar-refractivity contribution in [2.75, 3.05) is 25.4 Å². The third-order valence-electron chi connectivity index (χ3n) is 4.05. The van der Waals surface area contributed by atoms with Gasteiger partial charge in [-0.05, 0) is 58.0 Å². The van der Waals surface area contributed by atoms with E-state index in [0.717, 1.165) is 23.6 Å². The van der Waals surface area contributed by atoms with E-state index in [-0.39, 0.29) is 0 Å². The standard InChI is InChI=1S/C15H22N4/c1-11(10-18-7-3-4-8-18)19-12(2)17-14-9-13(16)5-6-15(14)19/h5-6,9,11H,3-4,7-8,10,16H2,1-2H3. The molecular formula is C15H22N4. The first-order valence-corrected chi connectivity index (χ1v) is 7.11. The zero-order chi connectivity index (χ0) is 13.4. The van der Waals surface area contributed by atoms with Crippen LogP contribution in [0.4, 0.5) is 5.69 Å². The average Bonchev–Trinajstić information content (AvgIpc) is 2.95. The Kier molecular flexibility index (Phi) is 3.19. The second-order valence-electron chi connectivity index (χ2n) is 5.63. The second-order valence-corrected chi connectivity index (χ2v) is 5.63. The lowest BCUT2D eigenvalue weighted by atomic mass is 10.2. The molecule has 2 heterocycles. The number of fused-ring (bicyclic) bond motifs is 1. The molecule has 0 aliphatic carbocycles. The third kappa shape index (κ3) is 2.32. The summed E-state index contributed by atoms with van der Waals surface area (Å²) in [6.07, 6.45) is 2.68. The van der Waals surface area contributed by atoms with Crippen molar-refractivity contribution < 1.29 is 0 Å². The van der Waals surface area contributed by atoms with Gasteiger partial charge >= 0.3 is 0 Å². The van der Waals surface area contributed by atoms with Gasteiger partial charge in [0.1, 0.15) is 5.82 Å². The zero-order valence-corrected chi connectivity index (χ0v) is 11.8. The van der Waals surface area contributed by atoms with Crippen LogP contribution < -0.4 is 5.73 Å². The highest BCUT2D eigenvalue weighted by molar-refractivity contribution is 5.79. The molecule has 1 saturated heterocycles. The molecule has 0 amide bonds. The van der Waals surface area contributed by atoms with E-state index in [0.29, 0.717) is 6.04 Å². The van der Waals surface area contributed by atoms with Gasteiger partial charge in [-0.15, -0.1) is 0 Å². The van der Waals surface area contributed by atoms with Crippen LogP contribution in [0.15, 0.2) is 18.2 Å². The lowest BCUT2D eigenvalue weighted by molar-refractivity contribution is 0.288. The van der Waals surface area contributed by atoms with Gasteiger partial charge in [-0.2, -0.15) is 0 Å². The molecule has 2 N–H and O–H groups in total. The molecule has 102 valence electrons. The maximum absolute atomic E-state index is 5.83. The molecule has 0 saturated carbocycles. The van der Waals surface area contributed by atoms with E-state index >= 15 is 0 Å². The van der Waals surface area contributed by atoms with Gasteiger partial charge in [-0.25, -0.2) is 4.98 Å². The van der Waals surface area contributed by atoms with Gasteiger partial charge in [0.2, 0.25) is 0 Å².